The molecule has 18 heavy (non-hydrogen) atoms. The third-order valence-corrected chi connectivity index (χ3v) is 2.86. The lowest BCUT2D eigenvalue weighted by Crippen LogP contribution is -2.12. The molecule has 1 aromatic heterocycles. The summed E-state index contributed by atoms with van der Waals surface area (Å²) in [4.78, 5) is 8.65. The zero-order valence-corrected chi connectivity index (χ0v) is 13.0. The first kappa shape index (κ1) is 15.4. The van der Waals surface area contributed by atoms with Gasteiger partial charge in [-0.3, -0.25) is 0 Å². The zero-order chi connectivity index (χ0) is 13.4. The van der Waals surface area contributed by atoms with E-state index in [1.54, 1.807) is 0 Å². The standard InChI is InChI=1S/C13H22BrN3O/c1-4-12-16-11(14)9-13(17-12)15-6-8-18-7-5-10(2)3/h9-10H,4-8H2,1-3H3,(H,15,16,17). The van der Waals surface area contributed by atoms with Gasteiger partial charge in [0, 0.05) is 25.6 Å². The number of aryl methyl sites for hydroxylation is 1. The molecule has 0 fully saturated rings. The third-order valence-electron chi connectivity index (χ3n) is 2.45. The number of nitrogens with one attached hydrogen (secondary N) is 1. The van der Waals surface area contributed by atoms with Gasteiger partial charge in [0.2, 0.25) is 0 Å². The van der Waals surface area contributed by atoms with Gasteiger partial charge in [0.05, 0.1) is 6.61 Å². The fourth-order valence-corrected chi connectivity index (χ4v) is 1.81. The first-order valence-corrected chi connectivity index (χ1v) is 7.26. The van der Waals surface area contributed by atoms with Crippen LogP contribution >= 0.6 is 15.9 Å². The highest BCUT2D eigenvalue weighted by atomic mass is 79.9. The molecule has 1 rings (SSSR count). The van der Waals surface area contributed by atoms with Gasteiger partial charge in [0.25, 0.3) is 0 Å². The summed E-state index contributed by atoms with van der Waals surface area (Å²) in [6.07, 6.45) is 1.94. The number of ether oxygens (including phenoxy) is 1. The van der Waals surface area contributed by atoms with Crippen LogP contribution in [0.2, 0.25) is 0 Å². The summed E-state index contributed by atoms with van der Waals surface area (Å²) >= 11 is 3.38. The van der Waals surface area contributed by atoms with E-state index in [0.717, 1.165) is 42.2 Å². The van der Waals surface area contributed by atoms with Gasteiger partial charge in [-0.2, -0.15) is 0 Å². The number of nitrogens with zero attached hydrogens (tertiary/aromatic N) is 2. The Morgan fingerprint density at radius 3 is 2.78 bits per heavy atom. The molecular weight excluding hydrogens is 294 g/mol. The molecule has 5 heteroatoms. The summed E-state index contributed by atoms with van der Waals surface area (Å²) in [6, 6.07) is 1.88. The molecular formula is C13H22BrN3O. The summed E-state index contributed by atoms with van der Waals surface area (Å²) < 4.78 is 6.35. The Morgan fingerprint density at radius 1 is 1.33 bits per heavy atom. The van der Waals surface area contributed by atoms with Crippen LogP contribution in [0.15, 0.2) is 10.7 Å². The SMILES string of the molecule is CCc1nc(Br)cc(NCCOCCC(C)C)n1. The van der Waals surface area contributed by atoms with Crippen molar-refractivity contribution in [3.63, 3.8) is 0 Å². The van der Waals surface area contributed by atoms with E-state index < -0.39 is 0 Å². The molecule has 0 aliphatic carbocycles. The largest absolute Gasteiger partial charge is 0.380 e. The molecule has 0 aliphatic rings. The molecule has 1 aromatic rings. The maximum absolute atomic E-state index is 5.54. The van der Waals surface area contributed by atoms with Crippen molar-refractivity contribution >= 4 is 21.7 Å². The highest BCUT2D eigenvalue weighted by Gasteiger charge is 2.01. The molecule has 0 aliphatic heterocycles. The van der Waals surface area contributed by atoms with Gasteiger partial charge in [0.1, 0.15) is 16.2 Å². The van der Waals surface area contributed by atoms with Crippen LogP contribution in [0.5, 0.6) is 0 Å². The number of hydrogen-bond donors (Lipinski definition) is 1. The molecule has 0 bridgehead atoms. The van der Waals surface area contributed by atoms with E-state index in [0.29, 0.717) is 12.5 Å². The van der Waals surface area contributed by atoms with Gasteiger partial charge in [-0.1, -0.05) is 20.8 Å². The number of anilines is 1. The molecule has 102 valence electrons. The Morgan fingerprint density at radius 2 is 2.11 bits per heavy atom. The number of halogens is 1. The van der Waals surface area contributed by atoms with Crippen molar-refractivity contribution < 1.29 is 4.74 Å². The summed E-state index contributed by atoms with van der Waals surface area (Å²) in [5.41, 5.74) is 0. The van der Waals surface area contributed by atoms with Crippen LogP contribution in [0.1, 0.15) is 33.0 Å². The molecule has 0 saturated heterocycles. The number of aromatic nitrogens is 2. The van der Waals surface area contributed by atoms with Crippen molar-refractivity contribution in [1.82, 2.24) is 9.97 Å². The molecule has 4 nitrogen and oxygen atoms in total. The average Bonchev–Trinajstić information content (AvgIpc) is 2.32. The highest BCUT2D eigenvalue weighted by molar-refractivity contribution is 9.10. The van der Waals surface area contributed by atoms with Crippen LogP contribution in [0.25, 0.3) is 0 Å². The minimum Gasteiger partial charge on any atom is -0.380 e. The van der Waals surface area contributed by atoms with Crippen molar-refractivity contribution in [2.45, 2.75) is 33.6 Å². The molecule has 0 radical (unpaired) electrons. The first-order valence-electron chi connectivity index (χ1n) is 6.47. The van der Waals surface area contributed by atoms with Crippen LogP contribution in [-0.4, -0.2) is 29.7 Å². The van der Waals surface area contributed by atoms with Crippen LogP contribution < -0.4 is 5.32 Å². The highest BCUT2D eigenvalue weighted by Crippen LogP contribution is 2.12. The van der Waals surface area contributed by atoms with E-state index in [1.807, 2.05) is 13.0 Å². The van der Waals surface area contributed by atoms with Crippen molar-refractivity contribution in [2.24, 2.45) is 5.92 Å². The van der Waals surface area contributed by atoms with Crippen LogP contribution in [-0.2, 0) is 11.2 Å². The second kappa shape index (κ2) is 8.43. The average molecular weight is 316 g/mol. The molecule has 0 unspecified atom stereocenters. The molecule has 1 N–H and O–H groups in total. The lowest BCUT2D eigenvalue weighted by molar-refractivity contribution is 0.132. The van der Waals surface area contributed by atoms with E-state index in [9.17, 15) is 0 Å². The van der Waals surface area contributed by atoms with E-state index in [2.05, 4.69) is 45.1 Å². The van der Waals surface area contributed by atoms with E-state index in [4.69, 9.17) is 4.74 Å². The second-order valence-electron chi connectivity index (χ2n) is 4.57. The third kappa shape index (κ3) is 6.31. The van der Waals surface area contributed by atoms with Gasteiger partial charge in [-0.05, 0) is 28.3 Å². The number of hydrogen-bond acceptors (Lipinski definition) is 4. The summed E-state index contributed by atoms with van der Waals surface area (Å²) in [6.45, 7) is 8.74. The molecule has 0 saturated carbocycles. The summed E-state index contributed by atoms with van der Waals surface area (Å²) in [5.74, 6) is 2.39. The van der Waals surface area contributed by atoms with Gasteiger partial charge in [-0.15, -0.1) is 0 Å². The van der Waals surface area contributed by atoms with Crippen molar-refractivity contribution in [2.75, 3.05) is 25.1 Å². The predicted molar refractivity (Wildman–Crippen MR) is 77.9 cm³/mol. The van der Waals surface area contributed by atoms with Crippen LogP contribution in [0, 0.1) is 5.92 Å². The lowest BCUT2D eigenvalue weighted by atomic mass is 10.1. The maximum atomic E-state index is 5.54. The van der Waals surface area contributed by atoms with Gasteiger partial charge in [0.15, 0.2) is 0 Å². The van der Waals surface area contributed by atoms with Crippen LogP contribution in [0.4, 0.5) is 5.82 Å². The van der Waals surface area contributed by atoms with E-state index in [-0.39, 0.29) is 0 Å². The first-order chi connectivity index (χ1) is 8.61. The molecule has 0 amide bonds. The quantitative estimate of drug-likeness (QED) is 0.591. The van der Waals surface area contributed by atoms with Crippen molar-refractivity contribution in [1.29, 1.82) is 0 Å². The summed E-state index contributed by atoms with van der Waals surface area (Å²) in [7, 11) is 0. The van der Waals surface area contributed by atoms with Gasteiger partial charge in [-0.25, -0.2) is 9.97 Å². The molecule has 0 aromatic carbocycles. The van der Waals surface area contributed by atoms with Gasteiger partial charge >= 0.3 is 0 Å². The Bertz CT molecular complexity index is 358. The number of rotatable bonds is 8. The minimum absolute atomic E-state index is 0.697. The lowest BCUT2D eigenvalue weighted by Gasteiger charge is -2.09. The Labute approximate surface area is 118 Å². The Balaban J connectivity index is 2.24. The summed E-state index contributed by atoms with van der Waals surface area (Å²) in [5, 5.41) is 3.24. The molecule has 0 atom stereocenters. The van der Waals surface area contributed by atoms with E-state index >= 15 is 0 Å². The smallest absolute Gasteiger partial charge is 0.131 e. The monoisotopic (exact) mass is 315 g/mol. The zero-order valence-electron chi connectivity index (χ0n) is 11.4. The molecule has 1 heterocycles. The predicted octanol–water partition coefficient (Wildman–Crippen LogP) is 3.28. The fraction of sp³-hybridized carbons (Fsp3) is 0.692. The second-order valence-corrected chi connectivity index (χ2v) is 5.38. The topological polar surface area (TPSA) is 47.0 Å². The van der Waals surface area contributed by atoms with Crippen molar-refractivity contribution in [3.05, 3.63) is 16.5 Å². The maximum Gasteiger partial charge on any atom is 0.131 e. The van der Waals surface area contributed by atoms with Crippen molar-refractivity contribution in [3.8, 4) is 0 Å². The minimum atomic E-state index is 0.697. The molecule has 0 spiro atoms. The Kier molecular flexibility index (Phi) is 7.20. The fourth-order valence-electron chi connectivity index (χ4n) is 1.39. The van der Waals surface area contributed by atoms with E-state index in [1.165, 1.54) is 0 Å². The Hall–Kier alpha value is -0.680. The van der Waals surface area contributed by atoms with Gasteiger partial charge < -0.3 is 10.1 Å². The normalized spacial score (nSPS) is 10.9. The van der Waals surface area contributed by atoms with Crippen LogP contribution in [0.3, 0.4) is 0 Å².